The molecule has 0 radical (unpaired) electrons. The fourth-order valence-corrected chi connectivity index (χ4v) is 4.36. The first-order valence-electron chi connectivity index (χ1n) is 11.3. The lowest BCUT2D eigenvalue weighted by atomic mass is 10.2. The molecule has 1 amide bonds. The molecule has 1 aliphatic rings. The van der Waals surface area contributed by atoms with E-state index in [1.807, 2.05) is 80.6 Å². The van der Waals surface area contributed by atoms with Gasteiger partial charge in [-0.2, -0.15) is 0 Å². The number of esters is 1. The van der Waals surface area contributed by atoms with Crippen molar-refractivity contribution in [3.8, 4) is 5.75 Å². The van der Waals surface area contributed by atoms with Gasteiger partial charge in [0.15, 0.2) is 11.8 Å². The molecule has 4 rings (SSSR count). The fourth-order valence-electron chi connectivity index (χ4n) is 3.36. The number of ether oxygens (including phenoxy) is 2. The van der Waals surface area contributed by atoms with Gasteiger partial charge in [-0.05, 0) is 80.6 Å². The van der Waals surface area contributed by atoms with Crippen LogP contribution >= 0.6 is 11.8 Å². The molecular formula is C28H26N2O4S. The van der Waals surface area contributed by atoms with Crippen molar-refractivity contribution in [3.05, 3.63) is 94.4 Å². The van der Waals surface area contributed by atoms with Crippen LogP contribution in [0.2, 0.25) is 0 Å². The maximum atomic E-state index is 13.4. The zero-order chi connectivity index (χ0) is 24.8. The Bertz CT molecular complexity index is 1260. The summed E-state index contributed by atoms with van der Waals surface area (Å²) in [6.07, 6.45) is 1.83. The highest BCUT2D eigenvalue weighted by molar-refractivity contribution is 8.19. The topological polar surface area (TPSA) is 68.2 Å². The maximum Gasteiger partial charge on any atom is 0.344 e. The predicted octanol–water partition coefficient (Wildman–Crippen LogP) is 6.05. The molecule has 0 unspecified atom stereocenters. The number of benzene rings is 3. The van der Waals surface area contributed by atoms with Gasteiger partial charge in [-0.1, -0.05) is 47.5 Å². The Labute approximate surface area is 209 Å². The maximum absolute atomic E-state index is 13.4. The minimum atomic E-state index is -0.414. The van der Waals surface area contributed by atoms with Gasteiger partial charge in [-0.25, -0.2) is 9.79 Å². The summed E-state index contributed by atoms with van der Waals surface area (Å²) in [5.41, 5.74) is 4.66. The third-order valence-corrected chi connectivity index (χ3v) is 6.17. The van der Waals surface area contributed by atoms with Gasteiger partial charge in [0, 0.05) is 0 Å². The molecule has 0 spiro atoms. The van der Waals surface area contributed by atoms with Crippen LogP contribution in [0.4, 0.5) is 11.4 Å². The van der Waals surface area contributed by atoms with E-state index in [4.69, 9.17) is 14.5 Å². The number of thioether (sulfide) groups is 1. The summed E-state index contributed by atoms with van der Waals surface area (Å²) in [5, 5.41) is 0.600. The van der Waals surface area contributed by atoms with Gasteiger partial charge in [-0.3, -0.25) is 9.69 Å². The number of anilines is 1. The first-order valence-corrected chi connectivity index (χ1v) is 12.1. The fraction of sp³-hybridized carbons (Fsp3) is 0.179. The Morgan fingerprint density at radius 1 is 0.943 bits per heavy atom. The van der Waals surface area contributed by atoms with Gasteiger partial charge < -0.3 is 9.47 Å². The van der Waals surface area contributed by atoms with Gasteiger partial charge in [0.25, 0.3) is 5.91 Å². The molecule has 1 heterocycles. The van der Waals surface area contributed by atoms with E-state index in [1.54, 1.807) is 24.0 Å². The zero-order valence-corrected chi connectivity index (χ0v) is 20.7. The van der Waals surface area contributed by atoms with Crippen LogP contribution in [0.5, 0.6) is 5.75 Å². The molecule has 0 atom stereocenters. The molecule has 178 valence electrons. The Kier molecular flexibility index (Phi) is 7.67. The van der Waals surface area contributed by atoms with Crippen LogP contribution in [0.3, 0.4) is 0 Å². The van der Waals surface area contributed by atoms with Crippen molar-refractivity contribution in [3.63, 3.8) is 0 Å². The first-order chi connectivity index (χ1) is 16.9. The van der Waals surface area contributed by atoms with Crippen LogP contribution in [-0.2, 0) is 14.3 Å². The summed E-state index contributed by atoms with van der Waals surface area (Å²) in [6.45, 7) is 5.95. The molecule has 0 aliphatic carbocycles. The SMILES string of the molecule is CCOC(=O)COc1ccc(/C=C2/SC(=Nc3ccc(C)cc3)N(c3ccc(C)cc3)C2=O)cc1. The lowest BCUT2D eigenvalue weighted by Crippen LogP contribution is -2.28. The van der Waals surface area contributed by atoms with Crippen molar-refractivity contribution in [2.45, 2.75) is 20.8 Å². The van der Waals surface area contributed by atoms with E-state index in [0.717, 1.165) is 28.1 Å². The van der Waals surface area contributed by atoms with Crippen LogP contribution < -0.4 is 9.64 Å². The monoisotopic (exact) mass is 486 g/mol. The van der Waals surface area contributed by atoms with E-state index in [0.29, 0.717) is 22.4 Å². The molecular weight excluding hydrogens is 460 g/mol. The van der Waals surface area contributed by atoms with Crippen molar-refractivity contribution in [2.75, 3.05) is 18.1 Å². The third kappa shape index (κ3) is 6.19. The van der Waals surface area contributed by atoms with Gasteiger partial charge in [0.2, 0.25) is 0 Å². The van der Waals surface area contributed by atoms with Crippen LogP contribution in [0.1, 0.15) is 23.6 Å². The number of carbonyl (C=O) groups excluding carboxylic acids is 2. The van der Waals surface area contributed by atoms with Crippen LogP contribution in [0, 0.1) is 13.8 Å². The number of carbonyl (C=O) groups is 2. The summed E-state index contributed by atoms with van der Waals surface area (Å²) in [4.78, 5) is 31.9. The van der Waals surface area contributed by atoms with Crippen LogP contribution in [-0.4, -0.2) is 30.3 Å². The summed E-state index contributed by atoms with van der Waals surface area (Å²) in [7, 11) is 0. The van der Waals surface area contributed by atoms with Gasteiger partial charge in [-0.15, -0.1) is 0 Å². The number of aryl methyl sites for hydroxylation is 2. The normalized spacial score (nSPS) is 15.6. The van der Waals surface area contributed by atoms with E-state index in [9.17, 15) is 9.59 Å². The zero-order valence-electron chi connectivity index (χ0n) is 19.9. The van der Waals surface area contributed by atoms with Gasteiger partial charge in [0.05, 0.1) is 22.9 Å². The molecule has 1 fully saturated rings. The molecule has 3 aromatic rings. The highest BCUT2D eigenvalue weighted by Crippen LogP contribution is 2.37. The van der Waals surface area contributed by atoms with Crippen molar-refractivity contribution >= 4 is 46.3 Å². The average Bonchev–Trinajstić information content (AvgIpc) is 3.15. The molecule has 6 nitrogen and oxygen atoms in total. The summed E-state index contributed by atoms with van der Waals surface area (Å²) < 4.78 is 10.3. The first kappa shape index (κ1) is 24.3. The lowest BCUT2D eigenvalue weighted by Gasteiger charge is -2.16. The standard InChI is InChI=1S/C28H26N2O4S/c1-4-33-26(31)18-34-24-15-9-21(10-16-24)17-25-27(32)30(23-13-7-20(3)8-14-23)28(35-25)29-22-11-5-19(2)6-12-22/h5-17H,4,18H2,1-3H3/b25-17+,29-28?. The van der Waals surface area contributed by atoms with E-state index in [1.165, 1.54) is 11.8 Å². The highest BCUT2D eigenvalue weighted by atomic mass is 32.2. The van der Waals surface area contributed by atoms with E-state index < -0.39 is 5.97 Å². The van der Waals surface area contributed by atoms with E-state index in [-0.39, 0.29) is 12.5 Å². The molecule has 0 saturated carbocycles. The number of rotatable bonds is 7. The van der Waals surface area contributed by atoms with Crippen molar-refractivity contribution < 1.29 is 19.1 Å². The Morgan fingerprint density at radius 2 is 1.57 bits per heavy atom. The predicted molar refractivity (Wildman–Crippen MR) is 141 cm³/mol. The molecule has 0 bridgehead atoms. The second-order valence-corrected chi connectivity index (χ2v) is 8.99. The highest BCUT2D eigenvalue weighted by Gasteiger charge is 2.34. The molecule has 3 aromatic carbocycles. The van der Waals surface area contributed by atoms with Crippen molar-refractivity contribution in [2.24, 2.45) is 4.99 Å². The minimum absolute atomic E-state index is 0.132. The smallest absolute Gasteiger partial charge is 0.344 e. The molecule has 0 aromatic heterocycles. The largest absolute Gasteiger partial charge is 0.482 e. The van der Waals surface area contributed by atoms with E-state index in [2.05, 4.69) is 0 Å². The van der Waals surface area contributed by atoms with Gasteiger partial charge >= 0.3 is 5.97 Å². The van der Waals surface area contributed by atoms with Crippen LogP contribution in [0.15, 0.2) is 82.7 Å². The molecule has 0 N–H and O–H groups in total. The Balaban J connectivity index is 1.59. The summed E-state index contributed by atoms with van der Waals surface area (Å²) in [6, 6.07) is 22.9. The number of nitrogens with zero attached hydrogens (tertiary/aromatic N) is 2. The number of amidine groups is 1. The van der Waals surface area contributed by atoms with Crippen molar-refractivity contribution in [1.29, 1.82) is 0 Å². The molecule has 35 heavy (non-hydrogen) atoms. The molecule has 1 aliphatic heterocycles. The third-order valence-electron chi connectivity index (χ3n) is 5.20. The van der Waals surface area contributed by atoms with E-state index >= 15 is 0 Å². The Hall–Kier alpha value is -3.84. The summed E-state index contributed by atoms with van der Waals surface area (Å²) >= 11 is 1.34. The summed E-state index contributed by atoms with van der Waals surface area (Å²) in [5.74, 6) is 0.00380. The number of hydrogen-bond acceptors (Lipinski definition) is 6. The lowest BCUT2D eigenvalue weighted by molar-refractivity contribution is -0.145. The second kappa shape index (κ2) is 11.1. The number of hydrogen-bond donors (Lipinski definition) is 0. The Morgan fingerprint density at radius 3 is 2.20 bits per heavy atom. The molecule has 1 saturated heterocycles. The number of aliphatic imine (C=N–C) groups is 1. The van der Waals surface area contributed by atoms with Gasteiger partial charge in [0.1, 0.15) is 5.75 Å². The molecule has 7 heteroatoms. The van der Waals surface area contributed by atoms with Crippen LogP contribution in [0.25, 0.3) is 6.08 Å². The van der Waals surface area contributed by atoms with Crippen molar-refractivity contribution in [1.82, 2.24) is 0 Å². The quantitative estimate of drug-likeness (QED) is 0.300. The number of amides is 1. The second-order valence-electron chi connectivity index (χ2n) is 7.98. The average molecular weight is 487 g/mol. The minimum Gasteiger partial charge on any atom is -0.482 e.